The Labute approximate surface area is 131 Å². The zero-order valence-electron chi connectivity index (χ0n) is 12.3. The van der Waals surface area contributed by atoms with Gasteiger partial charge in [0.2, 0.25) is 0 Å². The molecule has 3 aromatic heterocycles. The summed E-state index contributed by atoms with van der Waals surface area (Å²) in [4.78, 5) is 5.59. The van der Waals surface area contributed by atoms with Gasteiger partial charge in [0.05, 0.1) is 6.26 Å². The van der Waals surface area contributed by atoms with Gasteiger partial charge >= 0.3 is 0 Å². The topological polar surface area (TPSA) is 56.5 Å². The molecule has 0 unspecified atom stereocenters. The highest BCUT2D eigenvalue weighted by Gasteiger charge is 2.18. The summed E-state index contributed by atoms with van der Waals surface area (Å²) in [6, 6.07) is 10.1. The fraction of sp³-hybridized carbons (Fsp3) is 0.118. The van der Waals surface area contributed by atoms with Crippen molar-refractivity contribution in [2.45, 2.75) is 13.8 Å². The molecule has 0 atom stereocenters. The number of nitrogens with zero attached hydrogens (tertiary/aromatic N) is 2. The molecule has 0 saturated carbocycles. The van der Waals surface area contributed by atoms with Gasteiger partial charge in [-0.15, -0.1) is 11.3 Å². The summed E-state index contributed by atoms with van der Waals surface area (Å²) < 4.78 is 7.45. The number of fused-ring (bicyclic) bond motifs is 1. The van der Waals surface area contributed by atoms with Crippen LogP contribution in [0.2, 0.25) is 0 Å². The third-order valence-corrected chi connectivity index (χ3v) is 4.64. The van der Waals surface area contributed by atoms with Gasteiger partial charge < -0.3 is 10.2 Å². The largest absolute Gasteiger partial charge is 0.463 e. The first-order valence-electron chi connectivity index (χ1n) is 7.02. The molecular weight excluding hydrogens is 294 g/mol. The number of aromatic nitrogens is 2. The van der Waals surface area contributed by atoms with E-state index in [1.807, 2.05) is 21.9 Å². The minimum Gasteiger partial charge on any atom is -0.463 e. The molecule has 4 rings (SSSR count). The number of hydrogen-bond donors (Lipinski definition) is 1. The van der Waals surface area contributed by atoms with Crippen molar-refractivity contribution < 1.29 is 4.42 Å². The Bertz CT molecular complexity index is 964. The Morgan fingerprint density at radius 2 is 2.09 bits per heavy atom. The van der Waals surface area contributed by atoms with Crippen LogP contribution in [0.15, 0.2) is 46.4 Å². The van der Waals surface area contributed by atoms with E-state index in [9.17, 15) is 0 Å². The number of nitrogens with two attached hydrogens (primary N) is 1. The molecule has 0 spiro atoms. The fourth-order valence-corrected chi connectivity index (χ4v) is 3.64. The first-order valence-corrected chi connectivity index (χ1v) is 7.90. The highest BCUT2D eigenvalue weighted by Crippen LogP contribution is 2.35. The molecule has 0 aliphatic rings. The first kappa shape index (κ1) is 13.2. The molecule has 0 aliphatic carbocycles. The zero-order valence-corrected chi connectivity index (χ0v) is 13.1. The Balaban J connectivity index is 1.96. The Morgan fingerprint density at radius 1 is 1.23 bits per heavy atom. The molecule has 4 aromatic rings. The smallest absolute Gasteiger partial charge is 0.196 e. The number of benzene rings is 1. The molecule has 0 fully saturated rings. The number of imidazole rings is 1. The number of hydrogen-bond acceptors (Lipinski definition) is 4. The van der Waals surface area contributed by atoms with E-state index >= 15 is 0 Å². The lowest BCUT2D eigenvalue weighted by Gasteiger charge is -2.05. The highest BCUT2D eigenvalue weighted by atomic mass is 32.1. The minimum atomic E-state index is 0.648. The standard InChI is InChI=1S/C17H15N3OS/c1-10-5-6-12(11(2)8-10)15-16(18)20-13(9-22-17(20)19-15)14-4-3-7-21-14/h3-9H,18H2,1-2H3. The lowest BCUT2D eigenvalue weighted by Crippen LogP contribution is -1.96. The van der Waals surface area contributed by atoms with Crippen molar-refractivity contribution in [3.05, 3.63) is 53.1 Å². The normalized spacial score (nSPS) is 11.4. The Kier molecular flexibility index (Phi) is 2.84. The molecule has 5 heteroatoms. The van der Waals surface area contributed by atoms with Gasteiger partial charge in [-0.25, -0.2) is 4.98 Å². The van der Waals surface area contributed by atoms with Crippen molar-refractivity contribution in [1.82, 2.24) is 9.38 Å². The van der Waals surface area contributed by atoms with E-state index in [0.29, 0.717) is 5.82 Å². The van der Waals surface area contributed by atoms with Crippen molar-refractivity contribution in [1.29, 1.82) is 0 Å². The summed E-state index contributed by atoms with van der Waals surface area (Å²) in [6.07, 6.45) is 1.66. The second kappa shape index (κ2) is 4.74. The van der Waals surface area contributed by atoms with Gasteiger partial charge in [0.15, 0.2) is 10.7 Å². The van der Waals surface area contributed by atoms with E-state index in [1.54, 1.807) is 17.6 Å². The van der Waals surface area contributed by atoms with E-state index < -0.39 is 0 Å². The molecule has 4 nitrogen and oxygen atoms in total. The van der Waals surface area contributed by atoms with E-state index in [2.05, 4.69) is 32.0 Å². The average molecular weight is 309 g/mol. The molecule has 110 valence electrons. The van der Waals surface area contributed by atoms with Crippen LogP contribution in [0.5, 0.6) is 0 Å². The lowest BCUT2D eigenvalue weighted by atomic mass is 10.0. The van der Waals surface area contributed by atoms with Crippen LogP contribution in [0.1, 0.15) is 11.1 Å². The number of aryl methyl sites for hydroxylation is 2. The van der Waals surface area contributed by atoms with Crippen LogP contribution in [-0.4, -0.2) is 9.38 Å². The van der Waals surface area contributed by atoms with Crippen LogP contribution in [0.3, 0.4) is 0 Å². The molecular formula is C17H15N3OS. The number of thiazole rings is 1. The average Bonchev–Trinajstić information content (AvgIpc) is 3.18. The summed E-state index contributed by atoms with van der Waals surface area (Å²) >= 11 is 1.56. The number of furan rings is 1. The highest BCUT2D eigenvalue weighted by molar-refractivity contribution is 7.15. The third kappa shape index (κ3) is 1.86. The van der Waals surface area contributed by atoms with Crippen LogP contribution >= 0.6 is 11.3 Å². The van der Waals surface area contributed by atoms with E-state index in [1.165, 1.54) is 11.1 Å². The molecule has 0 radical (unpaired) electrons. The van der Waals surface area contributed by atoms with Gasteiger partial charge in [-0.3, -0.25) is 4.40 Å². The minimum absolute atomic E-state index is 0.648. The fourth-order valence-electron chi connectivity index (χ4n) is 2.76. The molecule has 0 aliphatic heterocycles. The molecule has 2 N–H and O–H groups in total. The van der Waals surface area contributed by atoms with Crippen LogP contribution in [-0.2, 0) is 0 Å². The maximum atomic E-state index is 6.39. The predicted molar refractivity (Wildman–Crippen MR) is 90.1 cm³/mol. The summed E-state index contributed by atoms with van der Waals surface area (Å²) in [5, 5.41) is 2.02. The van der Waals surface area contributed by atoms with Crippen molar-refractivity contribution in [3.63, 3.8) is 0 Å². The quantitative estimate of drug-likeness (QED) is 0.592. The molecule has 0 amide bonds. The lowest BCUT2D eigenvalue weighted by molar-refractivity contribution is 0.579. The van der Waals surface area contributed by atoms with E-state index in [4.69, 9.17) is 15.1 Å². The SMILES string of the molecule is Cc1ccc(-c2nc3scc(-c4ccco4)n3c2N)c(C)c1. The summed E-state index contributed by atoms with van der Waals surface area (Å²) in [5.74, 6) is 1.44. The maximum absolute atomic E-state index is 6.39. The second-order valence-electron chi connectivity index (χ2n) is 5.38. The summed E-state index contributed by atoms with van der Waals surface area (Å²) in [7, 11) is 0. The summed E-state index contributed by atoms with van der Waals surface area (Å²) in [6.45, 7) is 4.17. The van der Waals surface area contributed by atoms with Crippen molar-refractivity contribution in [2.75, 3.05) is 5.73 Å². The van der Waals surface area contributed by atoms with Crippen molar-refractivity contribution in [3.8, 4) is 22.7 Å². The Hall–Kier alpha value is -2.53. The number of anilines is 1. The van der Waals surface area contributed by atoms with Crippen LogP contribution < -0.4 is 5.73 Å². The molecule has 0 saturated heterocycles. The van der Waals surface area contributed by atoms with Gasteiger partial charge in [-0.05, 0) is 31.5 Å². The van der Waals surface area contributed by atoms with E-state index in [0.717, 1.165) is 27.7 Å². The van der Waals surface area contributed by atoms with Crippen LogP contribution in [0, 0.1) is 13.8 Å². The van der Waals surface area contributed by atoms with Gasteiger partial charge in [0.1, 0.15) is 17.2 Å². The molecule has 22 heavy (non-hydrogen) atoms. The monoisotopic (exact) mass is 309 g/mol. The molecule has 3 heterocycles. The predicted octanol–water partition coefficient (Wildman–Crippen LogP) is 4.52. The van der Waals surface area contributed by atoms with Crippen LogP contribution in [0.4, 0.5) is 5.82 Å². The zero-order chi connectivity index (χ0) is 15.3. The third-order valence-electron chi connectivity index (χ3n) is 3.81. The maximum Gasteiger partial charge on any atom is 0.196 e. The number of rotatable bonds is 2. The molecule has 1 aromatic carbocycles. The number of nitrogen functional groups attached to an aromatic ring is 1. The molecule has 0 bridgehead atoms. The van der Waals surface area contributed by atoms with Crippen molar-refractivity contribution >= 4 is 22.1 Å². The first-order chi connectivity index (χ1) is 10.6. The second-order valence-corrected chi connectivity index (χ2v) is 6.22. The van der Waals surface area contributed by atoms with E-state index in [-0.39, 0.29) is 0 Å². The van der Waals surface area contributed by atoms with Gasteiger partial charge in [-0.1, -0.05) is 23.8 Å². The van der Waals surface area contributed by atoms with Crippen LogP contribution in [0.25, 0.3) is 27.7 Å². The Morgan fingerprint density at radius 3 is 2.82 bits per heavy atom. The van der Waals surface area contributed by atoms with Crippen molar-refractivity contribution in [2.24, 2.45) is 0 Å². The van der Waals surface area contributed by atoms with Gasteiger partial charge in [0.25, 0.3) is 0 Å². The van der Waals surface area contributed by atoms with Gasteiger partial charge in [-0.2, -0.15) is 0 Å². The van der Waals surface area contributed by atoms with Gasteiger partial charge in [0, 0.05) is 10.9 Å². The summed E-state index contributed by atoms with van der Waals surface area (Å²) in [5.41, 5.74) is 11.6.